The van der Waals surface area contributed by atoms with Crippen molar-refractivity contribution in [3.05, 3.63) is 0 Å². The van der Waals surface area contributed by atoms with Crippen LogP contribution in [-0.2, 0) is 14.8 Å². The molecule has 1 amide bonds. The average Bonchev–Trinajstić information content (AvgIpc) is 1.80. The maximum Gasteiger partial charge on any atom is 0.237 e. The molecule has 76 valence electrons. The molecule has 0 aromatic carbocycles. The van der Waals surface area contributed by atoms with Gasteiger partial charge < -0.3 is 0 Å². The van der Waals surface area contributed by atoms with Crippen LogP contribution in [0.4, 0.5) is 0 Å². The summed E-state index contributed by atoms with van der Waals surface area (Å²) in [5, 5.41) is -0.545. The zero-order valence-corrected chi connectivity index (χ0v) is 8.73. The van der Waals surface area contributed by atoms with Crippen molar-refractivity contribution in [2.45, 2.75) is 38.4 Å². The molecule has 1 rings (SSSR count). The molecule has 0 spiro atoms. The molecule has 13 heavy (non-hydrogen) atoms. The Morgan fingerprint density at radius 2 is 1.92 bits per heavy atom. The summed E-state index contributed by atoms with van der Waals surface area (Å²) in [4.78, 5) is 11.3. The van der Waals surface area contributed by atoms with E-state index < -0.39 is 15.3 Å². The Bertz CT molecular complexity index is 291. The summed E-state index contributed by atoms with van der Waals surface area (Å²) in [5.74, 6) is -0.409. The van der Waals surface area contributed by atoms with E-state index in [0.717, 1.165) is 19.3 Å². The number of carbonyl (C=O) groups excluding carboxylic acids is 1. The lowest BCUT2D eigenvalue weighted by Crippen LogP contribution is -2.41. The van der Waals surface area contributed by atoms with Crippen LogP contribution in [-0.4, -0.2) is 19.6 Å². The Balaban J connectivity index is 2.52. The highest BCUT2D eigenvalue weighted by Crippen LogP contribution is 2.26. The summed E-state index contributed by atoms with van der Waals surface area (Å²) in [6, 6.07) is 0. The summed E-state index contributed by atoms with van der Waals surface area (Å²) in [6.07, 6.45) is 2.67. The van der Waals surface area contributed by atoms with E-state index in [4.69, 9.17) is 0 Å². The van der Waals surface area contributed by atoms with Gasteiger partial charge in [-0.3, -0.25) is 9.52 Å². The molecule has 1 N–H and O–H groups in total. The molecule has 1 aliphatic carbocycles. The van der Waals surface area contributed by atoms with Gasteiger partial charge in [-0.15, -0.1) is 0 Å². The number of hydrogen-bond acceptors (Lipinski definition) is 3. The van der Waals surface area contributed by atoms with Gasteiger partial charge in [0.05, 0.1) is 5.25 Å². The number of carbonyl (C=O) groups is 1. The summed E-state index contributed by atoms with van der Waals surface area (Å²) in [5.41, 5.74) is 0. The van der Waals surface area contributed by atoms with Crippen LogP contribution >= 0.6 is 0 Å². The predicted octanol–water partition coefficient (Wildman–Crippen LogP) is 0.641. The van der Waals surface area contributed by atoms with Crippen LogP contribution in [0.2, 0.25) is 0 Å². The van der Waals surface area contributed by atoms with Gasteiger partial charge in [-0.1, -0.05) is 6.42 Å². The van der Waals surface area contributed by atoms with Gasteiger partial charge in [0.2, 0.25) is 15.9 Å². The van der Waals surface area contributed by atoms with Crippen LogP contribution in [0.25, 0.3) is 0 Å². The van der Waals surface area contributed by atoms with Crippen molar-refractivity contribution in [3.63, 3.8) is 0 Å². The number of amides is 1. The molecule has 1 saturated carbocycles. The highest BCUT2D eigenvalue weighted by atomic mass is 32.2. The SMILES string of the molecule is CC(C)S(=O)(=O)NC(=O)C1CCC1. The topological polar surface area (TPSA) is 63.2 Å². The van der Waals surface area contributed by atoms with E-state index >= 15 is 0 Å². The van der Waals surface area contributed by atoms with Crippen molar-refractivity contribution in [2.24, 2.45) is 5.92 Å². The van der Waals surface area contributed by atoms with E-state index in [0.29, 0.717) is 0 Å². The van der Waals surface area contributed by atoms with E-state index in [2.05, 4.69) is 4.72 Å². The fraction of sp³-hybridized carbons (Fsp3) is 0.875. The quantitative estimate of drug-likeness (QED) is 0.735. The minimum Gasteiger partial charge on any atom is -0.274 e. The van der Waals surface area contributed by atoms with Crippen molar-refractivity contribution in [3.8, 4) is 0 Å². The van der Waals surface area contributed by atoms with Gasteiger partial charge >= 0.3 is 0 Å². The highest BCUT2D eigenvalue weighted by Gasteiger charge is 2.29. The van der Waals surface area contributed by atoms with Crippen molar-refractivity contribution < 1.29 is 13.2 Å². The number of rotatable bonds is 3. The molecule has 1 aliphatic rings. The minimum absolute atomic E-state index is 0.0754. The molecule has 4 nitrogen and oxygen atoms in total. The average molecular weight is 205 g/mol. The summed E-state index contributed by atoms with van der Waals surface area (Å²) in [6.45, 7) is 3.10. The van der Waals surface area contributed by atoms with Crippen LogP contribution in [0, 0.1) is 5.92 Å². The van der Waals surface area contributed by atoms with E-state index in [1.807, 2.05) is 0 Å². The lowest BCUT2D eigenvalue weighted by Gasteiger charge is -2.24. The van der Waals surface area contributed by atoms with E-state index in [9.17, 15) is 13.2 Å². The third-order valence-electron chi connectivity index (χ3n) is 2.34. The Labute approximate surface area is 78.8 Å². The number of hydrogen-bond donors (Lipinski definition) is 1. The second kappa shape index (κ2) is 3.65. The monoisotopic (exact) mass is 205 g/mol. The van der Waals surface area contributed by atoms with Gasteiger partial charge in [-0.25, -0.2) is 8.42 Å². The van der Waals surface area contributed by atoms with E-state index in [1.54, 1.807) is 13.8 Å². The second-order valence-corrected chi connectivity index (χ2v) is 5.92. The molecule has 0 unspecified atom stereocenters. The Morgan fingerprint density at radius 3 is 2.23 bits per heavy atom. The first kappa shape index (κ1) is 10.5. The molecule has 0 aromatic rings. The molecule has 0 atom stereocenters. The first-order valence-electron chi connectivity index (χ1n) is 4.49. The van der Waals surface area contributed by atoms with Crippen molar-refractivity contribution in [1.82, 2.24) is 4.72 Å². The Morgan fingerprint density at radius 1 is 1.38 bits per heavy atom. The predicted molar refractivity (Wildman–Crippen MR) is 49.5 cm³/mol. The molecular formula is C8H15NO3S. The lowest BCUT2D eigenvalue weighted by molar-refractivity contribution is -0.125. The van der Waals surface area contributed by atoms with Gasteiger partial charge in [-0.2, -0.15) is 0 Å². The fourth-order valence-electron chi connectivity index (χ4n) is 1.01. The van der Waals surface area contributed by atoms with Gasteiger partial charge in [0.25, 0.3) is 0 Å². The minimum atomic E-state index is -3.42. The number of nitrogens with one attached hydrogen (secondary N) is 1. The Kier molecular flexibility index (Phi) is 2.95. The normalized spacial score (nSPS) is 18.4. The zero-order valence-electron chi connectivity index (χ0n) is 7.91. The molecule has 0 radical (unpaired) electrons. The van der Waals surface area contributed by atoms with Crippen LogP contribution in [0.3, 0.4) is 0 Å². The molecule has 0 aliphatic heterocycles. The fourth-order valence-corrected chi connectivity index (χ4v) is 1.69. The smallest absolute Gasteiger partial charge is 0.237 e. The van der Waals surface area contributed by atoms with Crippen molar-refractivity contribution >= 4 is 15.9 Å². The third kappa shape index (κ3) is 2.43. The molecule has 0 heterocycles. The van der Waals surface area contributed by atoms with Crippen LogP contribution < -0.4 is 4.72 Å². The van der Waals surface area contributed by atoms with Crippen LogP contribution in [0.15, 0.2) is 0 Å². The Hall–Kier alpha value is -0.580. The van der Waals surface area contributed by atoms with Crippen molar-refractivity contribution in [1.29, 1.82) is 0 Å². The molecule has 0 saturated heterocycles. The van der Waals surface area contributed by atoms with Gasteiger partial charge in [0, 0.05) is 5.92 Å². The highest BCUT2D eigenvalue weighted by molar-refractivity contribution is 7.90. The van der Waals surface area contributed by atoms with Crippen LogP contribution in [0.1, 0.15) is 33.1 Å². The first-order valence-corrected chi connectivity index (χ1v) is 6.03. The summed E-state index contributed by atoms with van der Waals surface area (Å²) < 4.78 is 24.6. The molecule has 1 fully saturated rings. The summed E-state index contributed by atoms with van der Waals surface area (Å²) in [7, 11) is -3.42. The largest absolute Gasteiger partial charge is 0.274 e. The molecule has 0 aromatic heterocycles. The maximum atomic E-state index is 11.3. The van der Waals surface area contributed by atoms with Crippen LogP contribution in [0.5, 0.6) is 0 Å². The first-order chi connectivity index (χ1) is 5.93. The second-order valence-electron chi connectivity index (χ2n) is 3.69. The molecule has 5 heteroatoms. The van der Waals surface area contributed by atoms with E-state index in [1.165, 1.54) is 0 Å². The molecule has 0 bridgehead atoms. The standard InChI is InChI=1S/C8H15NO3S/c1-6(2)13(11,12)9-8(10)7-4-3-5-7/h6-7H,3-5H2,1-2H3,(H,9,10). The van der Waals surface area contributed by atoms with E-state index in [-0.39, 0.29) is 11.8 Å². The van der Waals surface area contributed by atoms with Crippen molar-refractivity contribution in [2.75, 3.05) is 0 Å². The third-order valence-corrected chi connectivity index (χ3v) is 4.07. The maximum absolute atomic E-state index is 11.3. The zero-order chi connectivity index (χ0) is 10.1. The lowest BCUT2D eigenvalue weighted by atomic mass is 9.85. The molecular weight excluding hydrogens is 190 g/mol. The van der Waals surface area contributed by atoms with Gasteiger partial charge in [0.1, 0.15) is 0 Å². The number of sulfonamides is 1. The van der Waals surface area contributed by atoms with Gasteiger partial charge in [-0.05, 0) is 26.7 Å². The summed E-state index contributed by atoms with van der Waals surface area (Å²) >= 11 is 0. The van der Waals surface area contributed by atoms with Gasteiger partial charge in [0.15, 0.2) is 0 Å².